The zero-order valence-corrected chi connectivity index (χ0v) is 20.9. The zero-order valence-electron chi connectivity index (χ0n) is 17.7. The fraction of sp³-hybridized carbons (Fsp3) is 0.0800. The third-order valence-corrected chi connectivity index (χ3v) is 6.91. The molecule has 0 aliphatic rings. The maximum Gasteiger partial charge on any atom is 0.255 e. The lowest BCUT2D eigenvalue weighted by Crippen LogP contribution is -2.14. The number of thioether (sulfide) groups is 1. The van der Waals surface area contributed by atoms with Crippen LogP contribution >= 0.6 is 39.0 Å². The van der Waals surface area contributed by atoms with Crippen molar-refractivity contribution in [3.8, 4) is 11.3 Å². The Hall–Kier alpha value is -2.94. The number of nitrogens with zero attached hydrogens (tertiary/aromatic N) is 1. The number of hydrogen-bond donors (Lipinski definition) is 2. The monoisotopic (exact) mass is 537 g/mol. The molecule has 3 aromatic carbocycles. The lowest BCUT2D eigenvalue weighted by molar-refractivity contribution is -0.113. The van der Waals surface area contributed by atoms with E-state index in [-0.39, 0.29) is 17.6 Å². The predicted octanol–water partition coefficient (Wildman–Crippen LogP) is 6.86. The first-order valence-electron chi connectivity index (χ1n) is 10.1. The van der Waals surface area contributed by atoms with Crippen molar-refractivity contribution in [2.24, 2.45) is 0 Å². The van der Waals surface area contributed by atoms with Gasteiger partial charge in [-0.05, 0) is 49.4 Å². The lowest BCUT2D eigenvalue weighted by Gasteiger charge is -2.08. The maximum absolute atomic E-state index is 12.5. The first-order valence-corrected chi connectivity index (χ1v) is 12.7. The van der Waals surface area contributed by atoms with Gasteiger partial charge < -0.3 is 10.6 Å². The highest BCUT2D eigenvalue weighted by Gasteiger charge is 2.10. The van der Waals surface area contributed by atoms with Gasteiger partial charge >= 0.3 is 0 Å². The van der Waals surface area contributed by atoms with Crippen LogP contribution in [0.15, 0.2) is 87.5 Å². The van der Waals surface area contributed by atoms with Crippen LogP contribution in [0.3, 0.4) is 0 Å². The Bertz CT molecular complexity index is 1290. The molecule has 4 rings (SSSR count). The number of thiazole rings is 1. The Balaban J connectivity index is 1.31. The van der Waals surface area contributed by atoms with Crippen molar-refractivity contribution in [1.29, 1.82) is 0 Å². The molecular formula is C25H20BrN3O2S2. The van der Waals surface area contributed by atoms with Crippen LogP contribution in [-0.2, 0) is 4.79 Å². The molecular weight excluding hydrogens is 518 g/mol. The van der Waals surface area contributed by atoms with Crippen molar-refractivity contribution < 1.29 is 9.59 Å². The van der Waals surface area contributed by atoms with E-state index in [0.717, 1.165) is 26.2 Å². The molecule has 0 fully saturated rings. The largest absolute Gasteiger partial charge is 0.322 e. The summed E-state index contributed by atoms with van der Waals surface area (Å²) >= 11 is 6.22. The number of hydrogen-bond acceptors (Lipinski definition) is 5. The van der Waals surface area contributed by atoms with Crippen molar-refractivity contribution in [2.45, 2.75) is 11.8 Å². The van der Waals surface area contributed by atoms with Gasteiger partial charge in [0.05, 0.1) is 11.4 Å². The first-order chi connectivity index (χ1) is 16.0. The van der Waals surface area contributed by atoms with Gasteiger partial charge in [0, 0.05) is 31.6 Å². The van der Waals surface area contributed by atoms with Gasteiger partial charge in [-0.2, -0.15) is 0 Å². The summed E-state index contributed by atoms with van der Waals surface area (Å²) in [5.41, 5.74) is 4.15. The summed E-state index contributed by atoms with van der Waals surface area (Å²) in [4.78, 5) is 30.3. The quantitative estimate of drug-likeness (QED) is 0.252. The second-order valence-corrected chi connectivity index (χ2v) is 10.1. The number of amides is 2. The number of aromatic nitrogens is 1. The van der Waals surface area contributed by atoms with E-state index in [1.807, 2.05) is 79.0 Å². The van der Waals surface area contributed by atoms with Crippen LogP contribution in [0.1, 0.15) is 15.9 Å². The molecule has 0 bridgehead atoms. The number of halogens is 1. The van der Waals surface area contributed by atoms with Crippen LogP contribution in [0, 0.1) is 6.92 Å². The van der Waals surface area contributed by atoms with E-state index in [9.17, 15) is 9.59 Å². The zero-order chi connectivity index (χ0) is 23.2. The fourth-order valence-corrected chi connectivity index (χ4v) is 4.80. The minimum absolute atomic E-state index is 0.133. The van der Waals surface area contributed by atoms with Gasteiger partial charge in [0.15, 0.2) is 5.13 Å². The van der Waals surface area contributed by atoms with Gasteiger partial charge in [-0.1, -0.05) is 51.8 Å². The molecule has 0 spiro atoms. The Labute approximate surface area is 208 Å². The van der Waals surface area contributed by atoms with E-state index < -0.39 is 0 Å². The minimum Gasteiger partial charge on any atom is -0.322 e. The number of aryl methyl sites for hydroxylation is 1. The predicted molar refractivity (Wildman–Crippen MR) is 140 cm³/mol. The molecule has 0 aliphatic heterocycles. The Morgan fingerprint density at radius 3 is 2.58 bits per heavy atom. The highest BCUT2D eigenvalue weighted by Crippen LogP contribution is 2.27. The highest BCUT2D eigenvalue weighted by atomic mass is 79.9. The topological polar surface area (TPSA) is 71.1 Å². The van der Waals surface area contributed by atoms with Crippen molar-refractivity contribution in [1.82, 2.24) is 4.98 Å². The molecule has 2 N–H and O–H groups in total. The molecule has 0 saturated carbocycles. The standard InChI is InChI=1S/C25H20BrN3O2S2/c1-16-4-2-5-18(12-16)24(31)27-20-6-3-7-21(13-20)32-15-23(30)29-25-28-22(14-33-25)17-8-10-19(26)11-9-17/h2-14H,15H2,1H3,(H,27,31)(H,28,29,30). The molecule has 0 aliphatic carbocycles. The number of anilines is 2. The molecule has 5 nitrogen and oxygen atoms in total. The van der Waals surface area contributed by atoms with Crippen molar-refractivity contribution in [3.05, 3.63) is 93.8 Å². The second kappa shape index (κ2) is 10.8. The normalized spacial score (nSPS) is 10.6. The summed E-state index contributed by atoms with van der Waals surface area (Å²) in [5, 5.41) is 8.26. The van der Waals surface area contributed by atoms with Crippen LogP contribution in [0.2, 0.25) is 0 Å². The molecule has 33 heavy (non-hydrogen) atoms. The van der Waals surface area contributed by atoms with Crippen molar-refractivity contribution in [2.75, 3.05) is 16.4 Å². The molecule has 0 saturated heterocycles. The molecule has 0 unspecified atom stereocenters. The van der Waals surface area contributed by atoms with Crippen LogP contribution in [0.5, 0.6) is 0 Å². The average molecular weight is 538 g/mol. The fourth-order valence-electron chi connectivity index (χ4n) is 3.04. The number of nitrogens with one attached hydrogen (secondary N) is 2. The molecule has 2 amide bonds. The van der Waals surface area contributed by atoms with Gasteiger partial charge in [-0.25, -0.2) is 4.98 Å². The van der Waals surface area contributed by atoms with Gasteiger partial charge in [0.1, 0.15) is 0 Å². The lowest BCUT2D eigenvalue weighted by atomic mass is 10.1. The number of carbonyl (C=O) groups excluding carboxylic acids is 2. The number of carbonyl (C=O) groups is 2. The molecule has 4 aromatic rings. The van der Waals surface area contributed by atoms with E-state index in [1.54, 1.807) is 6.07 Å². The van der Waals surface area contributed by atoms with Crippen molar-refractivity contribution >= 4 is 61.7 Å². The third-order valence-electron chi connectivity index (χ3n) is 4.63. The Morgan fingerprint density at radius 1 is 1.00 bits per heavy atom. The smallest absolute Gasteiger partial charge is 0.255 e. The summed E-state index contributed by atoms with van der Waals surface area (Å²) in [5.74, 6) is -0.0579. The van der Waals surface area contributed by atoms with Gasteiger partial charge in [-0.3, -0.25) is 9.59 Å². The average Bonchev–Trinajstić information content (AvgIpc) is 3.27. The van der Waals surface area contributed by atoms with Gasteiger partial charge in [0.2, 0.25) is 5.91 Å². The highest BCUT2D eigenvalue weighted by molar-refractivity contribution is 9.10. The van der Waals surface area contributed by atoms with Crippen molar-refractivity contribution in [3.63, 3.8) is 0 Å². The summed E-state index contributed by atoms with van der Waals surface area (Å²) in [6.07, 6.45) is 0. The number of benzene rings is 3. The Kier molecular flexibility index (Phi) is 7.59. The molecule has 0 atom stereocenters. The van der Waals surface area contributed by atoms with Crippen LogP contribution in [-0.4, -0.2) is 22.6 Å². The van der Waals surface area contributed by atoms with Crippen LogP contribution in [0.25, 0.3) is 11.3 Å². The summed E-state index contributed by atoms with van der Waals surface area (Å²) in [6.45, 7) is 1.95. The second-order valence-electron chi connectivity index (χ2n) is 7.23. The SMILES string of the molecule is Cc1cccc(C(=O)Nc2cccc(SCC(=O)Nc3nc(-c4ccc(Br)cc4)cs3)c2)c1. The first kappa shape index (κ1) is 23.2. The van der Waals surface area contributed by atoms with E-state index in [2.05, 4.69) is 31.5 Å². The third kappa shape index (κ3) is 6.54. The minimum atomic E-state index is -0.163. The summed E-state index contributed by atoms with van der Waals surface area (Å²) in [6, 6.07) is 22.8. The van der Waals surface area contributed by atoms with Crippen LogP contribution < -0.4 is 10.6 Å². The van der Waals surface area contributed by atoms with Gasteiger partial charge in [0.25, 0.3) is 5.91 Å². The van der Waals surface area contributed by atoms with E-state index in [1.165, 1.54) is 23.1 Å². The van der Waals surface area contributed by atoms with E-state index in [4.69, 9.17) is 0 Å². The summed E-state index contributed by atoms with van der Waals surface area (Å²) in [7, 11) is 0. The molecule has 0 radical (unpaired) electrons. The maximum atomic E-state index is 12.5. The van der Waals surface area contributed by atoms with E-state index >= 15 is 0 Å². The Morgan fingerprint density at radius 2 is 1.79 bits per heavy atom. The van der Waals surface area contributed by atoms with Gasteiger partial charge in [-0.15, -0.1) is 23.1 Å². The molecule has 1 heterocycles. The van der Waals surface area contributed by atoms with E-state index in [0.29, 0.717) is 16.4 Å². The van der Waals surface area contributed by atoms with Crippen LogP contribution in [0.4, 0.5) is 10.8 Å². The summed E-state index contributed by atoms with van der Waals surface area (Å²) < 4.78 is 1.01. The molecule has 8 heteroatoms. The number of rotatable bonds is 7. The molecule has 1 aromatic heterocycles. The molecule has 166 valence electrons.